The maximum atomic E-state index is 13.4. The Hall–Kier alpha value is -2.90. The van der Waals surface area contributed by atoms with E-state index in [0.29, 0.717) is 36.8 Å². The van der Waals surface area contributed by atoms with Gasteiger partial charge in [-0.1, -0.05) is 25.3 Å². The molecule has 1 unspecified atom stereocenters. The van der Waals surface area contributed by atoms with Gasteiger partial charge in [-0.3, -0.25) is 4.79 Å². The lowest BCUT2D eigenvalue weighted by molar-refractivity contribution is -0.137. The van der Waals surface area contributed by atoms with Crippen molar-refractivity contribution in [3.8, 4) is 17.2 Å². The summed E-state index contributed by atoms with van der Waals surface area (Å²) in [5.74, 6) is 1.71. The van der Waals surface area contributed by atoms with E-state index < -0.39 is 17.8 Å². The van der Waals surface area contributed by atoms with Gasteiger partial charge in [0.1, 0.15) is 12.4 Å². The van der Waals surface area contributed by atoms with Gasteiger partial charge >= 0.3 is 6.18 Å². The number of carbonyl (C=O) groups is 1. The fourth-order valence-electron chi connectivity index (χ4n) is 5.20. The molecule has 1 fully saturated rings. The minimum absolute atomic E-state index is 0.0419. The van der Waals surface area contributed by atoms with Gasteiger partial charge in [-0.05, 0) is 66.6 Å². The number of nitrogens with zero attached hydrogens (tertiary/aromatic N) is 1. The van der Waals surface area contributed by atoms with Crippen LogP contribution in [-0.4, -0.2) is 38.2 Å². The van der Waals surface area contributed by atoms with Crippen LogP contribution in [0.25, 0.3) is 0 Å². The number of fused-ring (bicyclic) bond motifs is 1. The number of amides is 1. The Bertz CT molecular complexity index is 1030. The molecule has 35 heavy (non-hydrogen) atoms. The summed E-state index contributed by atoms with van der Waals surface area (Å²) in [5, 5.41) is 0. The van der Waals surface area contributed by atoms with E-state index in [9.17, 15) is 18.0 Å². The van der Waals surface area contributed by atoms with Crippen molar-refractivity contribution in [2.24, 2.45) is 5.92 Å². The molecule has 1 amide bonds. The van der Waals surface area contributed by atoms with Crippen LogP contribution in [0, 0.1) is 5.92 Å². The van der Waals surface area contributed by atoms with Crippen LogP contribution in [0.3, 0.4) is 0 Å². The van der Waals surface area contributed by atoms with Crippen LogP contribution < -0.4 is 14.2 Å². The highest BCUT2D eigenvalue weighted by Crippen LogP contribution is 2.40. The molecular formula is C27H32F3NO4. The van der Waals surface area contributed by atoms with Crippen LogP contribution in [0.5, 0.6) is 17.2 Å². The third-order valence-corrected chi connectivity index (χ3v) is 7.08. The Kier molecular flexibility index (Phi) is 7.77. The minimum atomic E-state index is -4.46. The van der Waals surface area contributed by atoms with E-state index in [2.05, 4.69) is 0 Å². The fraction of sp³-hybridized carbons (Fsp3) is 0.519. The van der Waals surface area contributed by atoms with Crippen LogP contribution in [-0.2, 0) is 17.4 Å². The van der Waals surface area contributed by atoms with Gasteiger partial charge in [0, 0.05) is 13.0 Å². The smallest absolute Gasteiger partial charge is 0.416 e. The summed E-state index contributed by atoms with van der Waals surface area (Å²) in [6.07, 6.45) is 2.34. The number of carbonyl (C=O) groups excluding carboxylic acids is 1. The molecule has 0 spiro atoms. The van der Waals surface area contributed by atoms with E-state index in [0.717, 1.165) is 48.9 Å². The van der Waals surface area contributed by atoms with E-state index in [-0.39, 0.29) is 18.3 Å². The molecule has 0 radical (unpaired) electrons. The van der Waals surface area contributed by atoms with Crippen molar-refractivity contribution in [1.29, 1.82) is 0 Å². The maximum Gasteiger partial charge on any atom is 0.416 e. The molecule has 2 aromatic rings. The van der Waals surface area contributed by atoms with Crippen molar-refractivity contribution in [2.75, 3.05) is 27.4 Å². The summed E-state index contributed by atoms with van der Waals surface area (Å²) in [7, 11) is 3.12. The van der Waals surface area contributed by atoms with E-state index in [1.54, 1.807) is 14.2 Å². The Balaban J connectivity index is 1.61. The van der Waals surface area contributed by atoms with E-state index in [1.165, 1.54) is 18.6 Å². The van der Waals surface area contributed by atoms with Crippen molar-refractivity contribution < 1.29 is 32.2 Å². The second-order valence-corrected chi connectivity index (χ2v) is 9.30. The molecule has 1 aliphatic heterocycles. The van der Waals surface area contributed by atoms with Gasteiger partial charge in [-0.25, -0.2) is 0 Å². The Morgan fingerprint density at radius 3 is 2.43 bits per heavy atom. The van der Waals surface area contributed by atoms with Gasteiger partial charge < -0.3 is 19.1 Å². The maximum absolute atomic E-state index is 13.4. The van der Waals surface area contributed by atoms with E-state index in [1.807, 2.05) is 17.0 Å². The molecule has 0 N–H and O–H groups in total. The summed E-state index contributed by atoms with van der Waals surface area (Å²) < 4.78 is 56.3. The zero-order valence-electron chi connectivity index (χ0n) is 20.2. The van der Waals surface area contributed by atoms with Gasteiger partial charge in [0.25, 0.3) is 0 Å². The number of ether oxygens (including phenoxy) is 3. The highest BCUT2D eigenvalue weighted by Gasteiger charge is 2.34. The molecule has 0 bridgehead atoms. The first-order valence-electron chi connectivity index (χ1n) is 12.1. The van der Waals surface area contributed by atoms with Gasteiger partial charge in [0.15, 0.2) is 11.5 Å². The average molecular weight is 492 g/mol. The second kappa shape index (κ2) is 10.8. The van der Waals surface area contributed by atoms with Gasteiger partial charge in [0.05, 0.1) is 25.8 Å². The first-order chi connectivity index (χ1) is 16.8. The number of hydrogen-bond donors (Lipinski definition) is 0. The molecule has 2 aliphatic rings. The summed E-state index contributed by atoms with van der Waals surface area (Å²) in [6.45, 7) is 0.560. The highest BCUT2D eigenvalue weighted by molar-refractivity contribution is 5.77. The summed E-state index contributed by atoms with van der Waals surface area (Å²) in [6, 6.07) is 8.16. The fourth-order valence-corrected chi connectivity index (χ4v) is 5.20. The lowest BCUT2D eigenvalue weighted by Gasteiger charge is -2.38. The van der Waals surface area contributed by atoms with Crippen molar-refractivity contribution in [3.05, 3.63) is 53.1 Å². The Morgan fingerprint density at radius 1 is 1.03 bits per heavy atom. The normalized spacial score (nSPS) is 18.7. The second-order valence-electron chi connectivity index (χ2n) is 9.30. The number of benzene rings is 2. The molecule has 2 aromatic carbocycles. The van der Waals surface area contributed by atoms with Crippen molar-refractivity contribution in [1.82, 2.24) is 4.90 Å². The average Bonchev–Trinajstić information content (AvgIpc) is 2.86. The summed E-state index contributed by atoms with van der Waals surface area (Å²) in [4.78, 5) is 15.3. The molecular weight excluding hydrogens is 459 g/mol. The van der Waals surface area contributed by atoms with Crippen LogP contribution in [0.2, 0.25) is 0 Å². The zero-order chi connectivity index (χ0) is 25.0. The Morgan fingerprint density at radius 2 is 1.74 bits per heavy atom. The highest BCUT2D eigenvalue weighted by atomic mass is 19.4. The minimum Gasteiger partial charge on any atom is -0.493 e. The molecule has 5 nitrogen and oxygen atoms in total. The predicted molar refractivity (Wildman–Crippen MR) is 126 cm³/mol. The quantitative estimate of drug-likeness (QED) is 0.463. The monoisotopic (exact) mass is 491 g/mol. The SMILES string of the molecule is COc1cc2c(cc1OC)C(COc1cccc(C(F)(F)F)c1)N(C(=O)CC1CCCCC1)CC2. The van der Waals surface area contributed by atoms with Crippen molar-refractivity contribution >= 4 is 5.91 Å². The van der Waals surface area contributed by atoms with E-state index >= 15 is 0 Å². The number of hydrogen-bond acceptors (Lipinski definition) is 4. The van der Waals surface area contributed by atoms with Crippen LogP contribution in [0.15, 0.2) is 36.4 Å². The number of rotatable bonds is 7. The molecule has 1 aliphatic carbocycles. The summed E-state index contributed by atoms with van der Waals surface area (Å²) in [5.41, 5.74) is 1.12. The predicted octanol–water partition coefficient (Wildman–Crippen LogP) is 6.20. The van der Waals surface area contributed by atoms with Crippen LogP contribution >= 0.6 is 0 Å². The first-order valence-corrected chi connectivity index (χ1v) is 12.1. The standard InChI is InChI=1S/C27H32F3NO4/c1-33-24-14-19-11-12-31(26(32)13-18-7-4-3-5-8-18)23(22(19)16-25(24)34-2)17-35-21-10-6-9-20(15-21)27(28,29)30/h6,9-10,14-16,18,23H,3-5,7-8,11-13,17H2,1-2H3. The molecule has 0 saturated heterocycles. The third-order valence-electron chi connectivity index (χ3n) is 7.08. The summed E-state index contributed by atoms with van der Waals surface area (Å²) >= 11 is 0. The lowest BCUT2D eigenvalue weighted by Crippen LogP contribution is -2.43. The number of halogens is 3. The lowest BCUT2D eigenvalue weighted by atomic mass is 9.85. The largest absolute Gasteiger partial charge is 0.493 e. The van der Waals surface area contributed by atoms with Gasteiger partial charge in [-0.2, -0.15) is 13.2 Å². The third kappa shape index (κ3) is 5.85. The molecule has 4 rings (SSSR count). The molecule has 0 aromatic heterocycles. The zero-order valence-corrected chi connectivity index (χ0v) is 20.2. The number of alkyl halides is 3. The molecule has 1 atom stereocenters. The Labute approximate surface area is 204 Å². The van der Waals surface area contributed by atoms with E-state index in [4.69, 9.17) is 14.2 Å². The van der Waals surface area contributed by atoms with Gasteiger partial charge in [0.2, 0.25) is 5.91 Å². The number of methoxy groups -OCH3 is 2. The van der Waals surface area contributed by atoms with Crippen molar-refractivity contribution in [3.63, 3.8) is 0 Å². The van der Waals surface area contributed by atoms with Crippen LogP contribution in [0.4, 0.5) is 13.2 Å². The topological polar surface area (TPSA) is 48.0 Å². The first kappa shape index (κ1) is 25.2. The molecule has 8 heteroatoms. The molecule has 1 heterocycles. The molecule has 1 saturated carbocycles. The van der Waals surface area contributed by atoms with Crippen molar-refractivity contribution in [2.45, 2.75) is 57.2 Å². The van der Waals surface area contributed by atoms with Crippen LogP contribution in [0.1, 0.15) is 61.3 Å². The molecule has 190 valence electrons. The van der Waals surface area contributed by atoms with Gasteiger partial charge in [-0.15, -0.1) is 0 Å².